The van der Waals surface area contributed by atoms with E-state index in [0.717, 1.165) is 43.0 Å². The van der Waals surface area contributed by atoms with Crippen LogP contribution in [0.1, 0.15) is 54.6 Å². The molecule has 0 atom stereocenters. The van der Waals surface area contributed by atoms with Gasteiger partial charge >= 0.3 is 0 Å². The number of nitrogens with one attached hydrogen (secondary N) is 2. The van der Waals surface area contributed by atoms with Gasteiger partial charge in [0.2, 0.25) is 0 Å². The summed E-state index contributed by atoms with van der Waals surface area (Å²) in [5, 5.41) is 12.1. The van der Waals surface area contributed by atoms with Crippen molar-refractivity contribution in [3.63, 3.8) is 0 Å². The molecule has 3 N–H and O–H groups in total. The molecule has 3 aliphatic rings. The molecular weight excluding hydrogens is 496 g/mol. The number of nitrogens with zero attached hydrogens (tertiary/aromatic N) is 3. The van der Waals surface area contributed by atoms with E-state index in [0.29, 0.717) is 28.2 Å². The van der Waals surface area contributed by atoms with Gasteiger partial charge in [0.1, 0.15) is 5.82 Å². The van der Waals surface area contributed by atoms with Crippen molar-refractivity contribution in [1.29, 1.82) is 0 Å². The Morgan fingerprint density at radius 2 is 1.70 bits per heavy atom. The minimum atomic E-state index is -2.63. The Morgan fingerprint density at radius 3 is 2.38 bits per heavy atom. The molecule has 3 fully saturated rings. The number of hydrogen-bond donors (Lipinski definition) is 3. The molecule has 1 aromatic carbocycles. The van der Waals surface area contributed by atoms with Gasteiger partial charge < -0.3 is 24.9 Å². The summed E-state index contributed by atoms with van der Waals surface area (Å²) < 4.78 is 30.5. The molecule has 0 radical (unpaired) electrons. The fourth-order valence-electron chi connectivity index (χ4n) is 5.27. The van der Waals surface area contributed by atoms with E-state index in [1.165, 1.54) is 24.8 Å². The summed E-state index contributed by atoms with van der Waals surface area (Å²) in [6.45, 7) is 4.25. The van der Waals surface area contributed by atoms with Crippen molar-refractivity contribution in [3.8, 4) is 0 Å². The highest BCUT2D eigenvalue weighted by Crippen LogP contribution is 2.54. The number of rotatable bonds is 8. The minimum Gasteiger partial charge on any atom is -0.395 e. The van der Waals surface area contributed by atoms with Gasteiger partial charge in [-0.15, -0.1) is 0 Å². The molecule has 2 aliphatic heterocycles. The molecule has 37 heavy (non-hydrogen) atoms. The number of aliphatic hydroxyl groups excluding tert-OH is 1. The van der Waals surface area contributed by atoms with E-state index in [2.05, 4.69) is 19.9 Å². The first kappa shape index (κ1) is 26.0. The van der Waals surface area contributed by atoms with E-state index >= 15 is 0 Å². The lowest BCUT2D eigenvalue weighted by Crippen LogP contribution is -2.39. The lowest BCUT2D eigenvalue weighted by Gasteiger charge is -2.35. The quantitative estimate of drug-likeness (QED) is 0.315. The molecule has 5 rings (SSSR count). The van der Waals surface area contributed by atoms with Crippen LogP contribution in [0.2, 0.25) is 0 Å². The molecule has 200 valence electrons. The first-order valence-corrected chi connectivity index (χ1v) is 14.1. The van der Waals surface area contributed by atoms with Crippen molar-refractivity contribution in [1.82, 2.24) is 4.98 Å². The number of aryl methyl sites for hydroxylation is 1. The monoisotopic (exact) mass is 531 g/mol. The van der Waals surface area contributed by atoms with Gasteiger partial charge in [-0.2, -0.15) is 0 Å². The fraction of sp³-hybridized carbons (Fsp3) is 0.556. The summed E-state index contributed by atoms with van der Waals surface area (Å²) in [6.07, 6.45) is 4.53. The first-order chi connectivity index (χ1) is 17.8. The van der Waals surface area contributed by atoms with Crippen LogP contribution in [-0.4, -0.2) is 60.5 Å². The third kappa shape index (κ3) is 6.29. The van der Waals surface area contributed by atoms with Crippen LogP contribution in [0.3, 0.4) is 0 Å². The number of amides is 1. The molecular formula is C27H35F2N5O2S. The number of alkyl halides is 2. The summed E-state index contributed by atoms with van der Waals surface area (Å²) in [5.41, 5.74) is 4.23. The van der Waals surface area contributed by atoms with Crippen LogP contribution in [-0.2, 0) is 0 Å². The van der Waals surface area contributed by atoms with Crippen molar-refractivity contribution in [2.75, 3.05) is 58.4 Å². The van der Waals surface area contributed by atoms with Crippen LogP contribution in [0, 0.1) is 12.3 Å². The normalized spacial score (nSPS) is 20.1. The van der Waals surface area contributed by atoms with Crippen LogP contribution in [0.15, 0.2) is 30.3 Å². The number of piperidine rings is 2. The van der Waals surface area contributed by atoms with Gasteiger partial charge in [0.15, 0.2) is 0 Å². The van der Waals surface area contributed by atoms with E-state index in [9.17, 15) is 13.6 Å². The Kier molecular flexibility index (Phi) is 7.49. The number of pyridine rings is 1. The largest absolute Gasteiger partial charge is 0.395 e. The Balaban J connectivity index is 1.35. The average Bonchev–Trinajstić information content (AvgIpc) is 3.62. The smallest absolute Gasteiger partial charge is 0.257 e. The zero-order valence-electron chi connectivity index (χ0n) is 21.2. The highest BCUT2D eigenvalue weighted by molar-refractivity contribution is 8.00. The molecule has 7 nitrogen and oxygen atoms in total. The lowest BCUT2D eigenvalue weighted by molar-refractivity contribution is -0.0221. The van der Waals surface area contributed by atoms with E-state index in [1.807, 2.05) is 30.0 Å². The Labute approximate surface area is 221 Å². The van der Waals surface area contributed by atoms with Gasteiger partial charge in [-0.1, -0.05) is 11.9 Å². The molecule has 1 aromatic heterocycles. The Hall–Kier alpha value is -2.59. The van der Waals surface area contributed by atoms with Crippen molar-refractivity contribution < 1.29 is 18.7 Å². The van der Waals surface area contributed by atoms with Crippen LogP contribution in [0.25, 0.3) is 0 Å². The van der Waals surface area contributed by atoms with Crippen molar-refractivity contribution >= 4 is 40.7 Å². The molecule has 2 aromatic rings. The number of hydrogen-bond acceptors (Lipinski definition) is 7. The highest BCUT2D eigenvalue weighted by Gasteiger charge is 2.44. The SMILES string of the molecule is Cc1cc(NC(=O)c2ccc(NSCCO)cc2N2CCC3(CC2)CC3)cc(N2CCC(F)(F)CC2)n1. The molecule has 2 saturated heterocycles. The van der Waals surface area contributed by atoms with E-state index in [-0.39, 0.29) is 38.4 Å². The topological polar surface area (TPSA) is 80.7 Å². The molecule has 3 heterocycles. The van der Waals surface area contributed by atoms with Gasteiger partial charge in [0.05, 0.1) is 17.9 Å². The maximum absolute atomic E-state index is 13.6. The van der Waals surface area contributed by atoms with Gasteiger partial charge in [0, 0.05) is 67.9 Å². The van der Waals surface area contributed by atoms with Gasteiger partial charge in [0.25, 0.3) is 11.8 Å². The second kappa shape index (κ2) is 10.6. The maximum Gasteiger partial charge on any atom is 0.257 e. The van der Waals surface area contributed by atoms with Crippen LogP contribution in [0.4, 0.5) is 31.7 Å². The van der Waals surface area contributed by atoms with Crippen molar-refractivity contribution in [2.45, 2.75) is 51.4 Å². The minimum absolute atomic E-state index is 0.0897. The number of anilines is 4. The van der Waals surface area contributed by atoms with Crippen LogP contribution < -0.4 is 19.8 Å². The highest BCUT2D eigenvalue weighted by atomic mass is 32.2. The number of halogens is 2. The number of carbonyl (C=O) groups is 1. The summed E-state index contributed by atoms with van der Waals surface area (Å²) >= 11 is 1.43. The Bertz CT molecular complexity index is 1120. The van der Waals surface area contributed by atoms with Gasteiger partial charge in [-0.05, 0) is 62.3 Å². The standard InChI is InChI=1S/C27H35F2N5O2S/c1-19-16-21(18-24(30-19)34-12-8-27(28,29)9-13-34)31-25(36)22-3-2-20(32-37-15-14-35)17-23(22)33-10-6-26(4-5-26)7-11-33/h2-3,16-18,32,35H,4-15H2,1H3,(H,30,31,36). The number of aromatic nitrogens is 1. The average molecular weight is 532 g/mol. The molecule has 10 heteroatoms. The predicted octanol–water partition coefficient (Wildman–Crippen LogP) is 5.31. The second-order valence-corrected chi connectivity index (χ2v) is 11.4. The lowest BCUT2D eigenvalue weighted by atomic mass is 9.93. The van der Waals surface area contributed by atoms with Crippen molar-refractivity contribution in [2.24, 2.45) is 5.41 Å². The number of aliphatic hydroxyl groups is 1. The fourth-order valence-corrected chi connectivity index (χ4v) is 5.76. The number of carbonyl (C=O) groups excluding carboxylic acids is 1. The number of benzene rings is 1. The maximum atomic E-state index is 13.6. The third-order valence-corrected chi connectivity index (χ3v) is 8.53. The molecule has 1 saturated carbocycles. The third-order valence-electron chi connectivity index (χ3n) is 7.76. The van der Waals surface area contributed by atoms with E-state index in [1.54, 1.807) is 12.1 Å². The summed E-state index contributed by atoms with van der Waals surface area (Å²) in [5.74, 6) is -1.66. The molecule has 1 aliphatic carbocycles. The zero-order chi connectivity index (χ0) is 26.0. The molecule has 0 unspecified atom stereocenters. The Morgan fingerprint density at radius 1 is 1.00 bits per heavy atom. The summed E-state index contributed by atoms with van der Waals surface area (Å²) in [4.78, 5) is 22.2. The first-order valence-electron chi connectivity index (χ1n) is 13.1. The summed E-state index contributed by atoms with van der Waals surface area (Å²) in [6, 6.07) is 9.31. The summed E-state index contributed by atoms with van der Waals surface area (Å²) in [7, 11) is 0. The van der Waals surface area contributed by atoms with Gasteiger partial charge in [-0.3, -0.25) is 4.79 Å². The van der Waals surface area contributed by atoms with Gasteiger partial charge in [-0.25, -0.2) is 13.8 Å². The second-order valence-electron chi connectivity index (χ2n) is 10.5. The zero-order valence-corrected chi connectivity index (χ0v) is 22.0. The van der Waals surface area contributed by atoms with Crippen LogP contribution in [0.5, 0.6) is 0 Å². The molecule has 1 spiro atoms. The molecule has 1 amide bonds. The molecule has 0 bridgehead atoms. The van der Waals surface area contributed by atoms with E-state index in [4.69, 9.17) is 5.11 Å². The predicted molar refractivity (Wildman–Crippen MR) is 146 cm³/mol. The van der Waals surface area contributed by atoms with Crippen LogP contribution >= 0.6 is 11.9 Å². The van der Waals surface area contributed by atoms with Crippen molar-refractivity contribution in [3.05, 3.63) is 41.6 Å². The van der Waals surface area contributed by atoms with E-state index < -0.39 is 5.92 Å².